The number of nitrogens with zero attached hydrogens (tertiary/aromatic N) is 2. The Kier molecular flexibility index (Phi) is 4.63. The minimum atomic E-state index is 0.112. The van der Waals surface area contributed by atoms with Crippen LogP contribution in [0.4, 0.5) is 5.82 Å². The Hall–Kier alpha value is -0.870. The van der Waals surface area contributed by atoms with E-state index in [-0.39, 0.29) is 5.54 Å². The van der Waals surface area contributed by atoms with Gasteiger partial charge in [0.15, 0.2) is 0 Å². The lowest BCUT2D eigenvalue weighted by Crippen LogP contribution is -2.36. The van der Waals surface area contributed by atoms with Crippen LogP contribution in [0.5, 0.6) is 0 Å². The molecule has 0 saturated carbocycles. The summed E-state index contributed by atoms with van der Waals surface area (Å²) in [6.07, 6.45) is 7.44. The average molecular weight is 324 g/mol. The van der Waals surface area contributed by atoms with Gasteiger partial charge in [-0.25, -0.2) is 4.98 Å². The molecule has 0 saturated heterocycles. The van der Waals surface area contributed by atoms with Crippen LogP contribution >= 0.6 is 15.9 Å². The highest BCUT2D eigenvalue weighted by atomic mass is 79.9. The van der Waals surface area contributed by atoms with E-state index >= 15 is 0 Å². The lowest BCUT2D eigenvalue weighted by Gasteiger charge is -2.28. The summed E-state index contributed by atoms with van der Waals surface area (Å²) in [5.74, 6) is 1.10. The summed E-state index contributed by atoms with van der Waals surface area (Å²) in [7, 11) is 0. The zero-order chi connectivity index (χ0) is 13.9. The van der Waals surface area contributed by atoms with Gasteiger partial charge < -0.3 is 10.2 Å². The minimum Gasteiger partial charge on any atom is -0.352 e. The van der Waals surface area contributed by atoms with E-state index in [1.807, 2.05) is 6.20 Å². The first-order chi connectivity index (χ1) is 8.96. The van der Waals surface area contributed by atoms with E-state index in [2.05, 4.69) is 70.1 Å². The van der Waals surface area contributed by atoms with Crippen molar-refractivity contribution in [1.82, 2.24) is 10.3 Å². The fourth-order valence-corrected chi connectivity index (χ4v) is 2.46. The number of hydrogen-bond donors (Lipinski definition) is 1. The van der Waals surface area contributed by atoms with Crippen molar-refractivity contribution >= 4 is 21.7 Å². The molecule has 4 heteroatoms. The summed E-state index contributed by atoms with van der Waals surface area (Å²) in [5.41, 5.74) is 1.36. The monoisotopic (exact) mass is 323 g/mol. The Balaban J connectivity index is 2.19. The SMILES string of the molecule is CC(C)(C)NCc1cc(Br)cnc1N1CC=CCC1. The van der Waals surface area contributed by atoms with E-state index in [9.17, 15) is 0 Å². The van der Waals surface area contributed by atoms with Crippen LogP contribution in [0, 0.1) is 0 Å². The second kappa shape index (κ2) is 6.06. The summed E-state index contributed by atoms with van der Waals surface area (Å²) < 4.78 is 1.04. The third-order valence-corrected chi connectivity index (χ3v) is 3.51. The maximum atomic E-state index is 4.61. The van der Waals surface area contributed by atoms with Crippen molar-refractivity contribution in [3.8, 4) is 0 Å². The number of halogens is 1. The third kappa shape index (κ3) is 4.32. The molecular formula is C15H22BrN3. The van der Waals surface area contributed by atoms with E-state index < -0.39 is 0 Å². The smallest absolute Gasteiger partial charge is 0.133 e. The maximum Gasteiger partial charge on any atom is 0.133 e. The Bertz CT molecular complexity index is 463. The summed E-state index contributed by atoms with van der Waals surface area (Å²) in [6, 6.07) is 2.17. The molecule has 0 bridgehead atoms. The molecule has 0 amide bonds. The molecule has 0 aliphatic carbocycles. The number of anilines is 1. The first-order valence-corrected chi connectivity index (χ1v) is 7.54. The lowest BCUT2D eigenvalue weighted by molar-refractivity contribution is 0.424. The van der Waals surface area contributed by atoms with Gasteiger partial charge in [0.2, 0.25) is 0 Å². The van der Waals surface area contributed by atoms with Gasteiger partial charge in [-0.15, -0.1) is 0 Å². The maximum absolute atomic E-state index is 4.61. The third-order valence-electron chi connectivity index (χ3n) is 3.08. The second-order valence-electron chi connectivity index (χ2n) is 5.95. The van der Waals surface area contributed by atoms with E-state index in [4.69, 9.17) is 0 Å². The van der Waals surface area contributed by atoms with E-state index in [1.165, 1.54) is 5.56 Å². The molecule has 1 N–H and O–H groups in total. The lowest BCUT2D eigenvalue weighted by atomic mass is 10.1. The Morgan fingerprint density at radius 3 is 2.79 bits per heavy atom. The summed E-state index contributed by atoms with van der Waals surface area (Å²) in [6.45, 7) is 9.39. The first kappa shape index (κ1) is 14.5. The van der Waals surface area contributed by atoms with Gasteiger partial charge in [0, 0.05) is 41.4 Å². The van der Waals surface area contributed by atoms with Crippen molar-refractivity contribution in [1.29, 1.82) is 0 Å². The van der Waals surface area contributed by atoms with Gasteiger partial charge in [-0.05, 0) is 49.2 Å². The van der Waals surface area contributed by atoms with Crippen LogP contribution in [0.3, 0.4) is 0 Å². The topological polar surface area (TPSA) is 28.2 Å². The van der Waals surface area contributed by atoms with Gasteiger partial charge >= 0.3 is 0 Å². The molecule has 3 nitrogen and oxygen atoms in total. The van der Waals surface area contributed by atoms with Gasteiger partial charge in [-0.3, -0.25) is 0 Å². The van der Waals surface area contributed by atoms with Crippen molar-refractivity contribution in [3.63, 3.8) is 0 Å². The van der Waals surface area contributed by atoms with Crippen molar-refractivity contribution in [2.45, 2.75) is 39.3 Å². The van der Waals surface area contributed by atoms with Crippen LogP contribution < -0.4 is 10.2 Å². The zero-order valence-corrected chi connectivity index (χ0v) is 13.5. The van der Waals surface area contributed by atoms with Crippen molar-refractivity contribution in [3.05, 3.63) is 34.5 Å². The van der Waals surface area contributed by atoms with Crippen LogP contribution in [-0.4, -0.2) is 23.6 Å². The predicted molar refractivity (Wildman–Crippen MR) is 84.5 cm³/mol. The largest absolute Gasteiger partial charge is 0.352 e. The van der Waals surface area contributed by atoms with Crippen LogP contribution in [0.25, 0.3) is 0 Å². The highest BCUT2D eigenvalue weighted by molar-refractivity contribution is 9.10. The molecule has 2 heterocycles. The molecule has 0 fully saturated rings. The van der Waals surface area contributed by atoms with Gasteiger partial charge in [0.05, 0.1) is 0 Å². The quantitative estimate of drug-likeness (QED) is 0.863. The molecule has 0 unspecified atom stereocenters. The Morgan fingerprint density at radius 1 is 1.37 bits per heavy atom. The molecule has 0 spiro atoms. The van der Waals surface area contributed by atoms with E-state index in [0.717, 1.165) is 36.3 Å². The molecule has 104 valence electrons. The summed E-state index contributed by atoms with van der Waals surface area (Å²) in [5, 5.41) is 3.54. The number of aromatic nitrogens is 1. The number of hydrogen-bond acceptors (Lipinski definition) is 3. The zero-order valence-electron chi connectivity index (χ0n) is 11.9. The molecule has 19 heavy (non-hydrogen) atoms. The van der Waals surface area contributed by atoms with Crippen LogP contribution in [0.2, 0.25) is 0 Å². The second-order valence-corrected chi connectivity index (χ2v) is 6.86. The van der Waals surface area contributed by atoms with Gasteiger partial charge in [0.1, 0.15) is 5.82 Å². The first-order valence-electron chi connectivity index (χ1n) is 6.75. The minimum absolute atomic E-state index is 0.112. The van der Waals surface area contributed by atoms with E-state index in [0.29, 0.717) is 0 Å². The molecule has 0 radical (unpaired) electrons. The van der Waals surface area contributed by atoms with Gasteiger partial charge in [-0.2, -0.15) is 0 Å². The molecule has 2 rings (SSSR count). The Labute approximate surface area is 124 Å². The normalized spacial score (nSPS) is 15.9. The summed E-state index contributed by atoms with van der Waals surface area (Å²) >= 11 is 3.52. The van der Waals surface area contributed by atoms with Gasteiger partial charge in [-0.1, -0.05) is 12.2 Å². The van der Waals surface area contributed by atoms with E-state index in [1.54, 1.807) is 0 Å². The highest BCUT2D eigenvalue weighted by Crippen LogP contribution is 2.23. The number of nitrogens with one attached hydrogen (secondary N) is 1. The predicted octanol–water partition coefficient (Wildman–Crippen LogP) is 3.50. The van der Waals surface area contributed by atoms with Crippen LogP contribution in [0.1, 0.15) is 32.8 Å². The molecular weight excluding hydrogens is 302 g/mol. The molecule has 1 aromatic heterocycles. The van der Waals surface area contributed by atoms with Crippen molar-refractivity contribution < 1.29 is 0 Å². The van der Waals surface area contributed by atoms with Crippen molar-refractivity contribution in [2.75, 3.05) is 18.0 Å². The molecule has 1 aromatic rings. The average Bonchev–Trinajstić information content (AvgIpc) is 2.37. The van der Waals surface area contributed by atoms with Gasteiger partial charge in [0.25, 0.3) is 0 Å². The number of rotatable bonds is 3. The molecule has 0 atom stereocenters. The van der Waals surface area contributed by atoms with Crippen molar-refractivity contribution in [2.24, 2.45) is 0 Å². The molecule has 1 aliphatic heterocycles. The standard InChI is InChI=1S/C15H22BrN3/c1-15(2,3)18-10-12-9-13(16)11-17-14(12)19-7-5-4-6-8-19/h4-5,9,11,18H,6-8,10H2,1-3H3. The molecule has 1 aliphatic rings. The fraction of sp³-hybridized carbons (Fsp3) is 0.533. The fourth-order valence-electron chi connectivity index (χ4n) is 2.08. The highest BCUT2D eigenvalue weighted by Gasteiger charge is 2.16. The molecule has 0 aromatic carbocycles. The van der Waals surface area contributed by atoms with Crippen LogP contribution in [0.15, 0.2) is 28.9 Å². The Morgan fingerprint density at radius 2 is 2.16 bits per heavy atom. The number of pyridine rings is 1. The summed E-state index contributed by atoms with van der Waals surface area (Å²) in [4.78, 5) is 6.95. The van der Waals surface area contributed by atoms with Crippen LogP contribution in [-0.2, 0) is 6.54 Å².